The molecule has 0 bridgehead atoms. The van der Waals surface area contributed by atoms with Gasteiger partial charge >= 0.3 is 0 Å². The largest absolute Gasteiger partial charge is 0.494 e. The Morgan fingerprint density at radius 1 is 1.14 bits per heavy atom. The molecule has 0 saturated carbocycles. The number of ether oxygens (including phenoxy) is 1. The predicted molar refractivity (Wildman–Crippen MR) is 91.3 cm³/mol. The van der Waals surface area contributed by atoms with Crippen molar-refractivity contribution in [2.75, 3.05) is 12.3 Å². The van der Waals surface area contributed by atoms with E-state index in [0.29, 0.717) is 11.0 Å². The van der Waals surface area contributed by atoms with E-state index in [4.69, 9.17) is 10.5 Å². The van der Waals surface area contributed by atoms with Crippen LogP contribution in [0.4, 0.5) is 5.82 Å². The molecule has 4 nitrogen and oxygen atoms in total. The van der Waals surface area contributed by atoms with Gasteiger partial charge in [-0.1, -0.05) is 20.8 Å². The monoisotopic (exact) mass is 317 g/mol. The quantitative estimate of drug-likeness (QED) is 0.832. The van der Waals surface area contributed by atoms with E-state index in [9.17, 15) is 0 Å². The number of rotatable bonds is 5. The molecular formula is C17H23N3OS. The fourth-order valence-electron chi connectivity index (χ4n) is 1.79. The van der Waals surface area contributed by atoms with Gasteiger partial charge in [0.1, 0.15) is 11.6 Å². The molecule has 2 rings (SSSR count). The van der Waals surface area contributed by atoms with Crippen molar-refractivity contribution in [1.82, 2.24) is 9.97 Å². The summed E-state index contributed by atoms with van der Waals surface area (Å²) in [5.74, 6) is 1.38. The molecule has 2 N–H and O–H groups in total. The second-order valence-electron chi connectivity index (χ2n) is 6.45. The highest BCUT2D eigenvalue weighted by Crippen LogP contribution is 2.27. The molecule has 0 unspecified atom stereocenters. The summed E-state index contributed by atoms with van der Waals surface area (Å²) >= 11 is 1.49. The molecular weight excluding hydrogens is 294 g/mol. The Balaban J connectivity index is 1.94. The van der Waals surface area contributed by atoms with Crippen LogP contribution in [0.15, 0.2) is 40.4 Å². The lowest BCUT2D eigenvalue weighted by atomic mass is 9.93. The molecule has 0 aliphatic rings. The average molecular weight is 317 g/mol. The van der Waals surface area contributed by atoms with Gasteiger partial charge in [0, 0.05) is 16.7 Å². The van der Waals surface area contributed by atoms with Crippen LogP contribution in [0.1, 0.15) is 32.9 Å². The molecule has 0 amide bonds. The van der Waals surface area contributed by atoms with Crippen LogP contribution in [0.2, 0.25) is 0 Å². The minimum absolute atomic E-state index is 0.290. The number of hydrogen-bond donors (Lipinski definition) is 1. The lowest BCUT2D eigenvalue weighted by molar-refractivity contribution is 0.243. The lowest BCUT2D eigenvalue weighted by Crippen LogP contribution is -2.10. The van der Waals surface area contributed by atoms with Gasteiger partial charge < -0.3 is 10.5 Å². The third-order valence-electron chi connectivity index (χ3n) is 3.01. The van der Waals surface area contributed by atoms with Gasteiger partial charge in [0.15, 0.2) is 5.16 Å². The van der Waals surface area contributed by atoms with Crippen LogP contribution < -0.4 is 10.5 Å². The van der Waals surface area contributed by atoms with Crippen LogP contribution >= 0.6 is 11.8 Å². The fourth-order valence-corrected chi connectivity index (χ4v) is 2.62. The summed E-state index contributed by atoms with van der Waals surface area (Å²) in [5, 5.41) is 0.666. The summed E-state index contributed by atoms with van der Waals surface area (Å²) in [6.45, 7) is 9.28. The third kappa shape index (κ3) is 5.56. The van der Waals surface area contributed by atoms with E-state index in [1.165, 1.54) is 11.8 Å². The Labute approximate surface area is 136 Å². The van der Waals surface area contributed by atoms with Crippen LogP contribution in [0.5, 0.6) is 5.75 Å². The zero-order valence-corrected chi connectivity index (χ0v) is 14.4. The van der Waals surface area contributed by atoms with E-state index in [0.717, 1.165) is 29.4 Å². The summed E-state index contributed by atoms with van der Waals surface area (Å²) in [4.78, 5) is 9.66. The Bertz CT molecular complexity index is 601. The molecule has 0 aliphatic heterocycles. The van der Waals surface area contributed by atoms with E-state index >= 15 is 0 Å². The van der Waals surface area contributed by atoms with Gasteiger partial charge in [-0.25, -0.2) is 9.97 Å². The molecule has 1 aromatic carbocycles. The number of nitrogen functional groups attached to an aromatic ring is 1. The van der Waals surface area contributed by atoms with Crippen molar-refractivity contribution >= 4 is 17.6 Å². The molecule has 0 spiro atoms. The van der Waals surface area contributed by atoms with Crippen LogP contribution in [0.3, 0.4) is 0 Å². The summed E-state index contributed by atoms with van der Waals surface area (Å²) in [7, 11) is 0. The van der Waals surface area contributed by atoms with Gasteiger partial charge in [0.2, 0.25) is 0 Å². The molecule has 22 heavy (non-hydrogen) atoms. The van der Waals surface area contributed by atoms with Crippen LogP contribution in [0, 0.1) is 12.3 Å². The van der Waals surface area contributed by atoms with Crippen molar-refractivity contribution in [3.63, 3.8) is 0 Å². The molecule has 1 heterocycles. The summed E-state index contributed by atoms with van der Waals surface area (Å²) in [5.41, 5.74) is 6.90. The van der Waals surface area contributed by atoms with E-state index in [1.807, 2.05) is 31.2 Å². The fraction of sp³-hybridized carbons (Fsp3) is 0.412. The third-order valence-corrected chi connectivity index (χ3v) is 3.88. The van der Waals surface area contributed by atoms with Crippen molar-refractivity contribution in [2.24, 2.45) is 5.41 Å². The molecule has 0 atom stereocenters. The number of hydrogen-bond acceptors (Lipinski definition) is 5. The molecule has 0 saturated heterocycles. The lowest BCUT2D eigenvalue weighted by Gasteiger charge is -2.18. The Hall–Kier alpha value is -1.75. The Morgan fingerprint density at radius 3 is 2.41 bits per heavy atom. The van der Waals surface area contributed by atoms with E-state index in [2.05, 4.69) is 30.7 Å². The first kappa shape index (κ1) is 16.6. The standard InChI is InChI=1S/C17H23N3OS/c1-12-11-15(18)20-16(19-12)22-14-7-5-13(6-8-14)21-10-9-17(2,3)4/h5-8,11H,9-10H2,1-4H3,(H2,18,19,20). The van der Waals surface area contributed by atoms with Crippen molar-refractivity contribution < 1.29 is 4.74 Å². The first-order chi connectivity index (χ1) is 10.3. The number of anilines is 1. The predicted octanol–water partition coefficient (Wildman–Crippen LogP) is 4.33. The highest BCUT2D eigenvalue weighted by atomic mass is 32.2. The van der Waals surface area contributed by atoms with Gasteiger partial charge in [0.05, 0.1) is 6.61 Å². The van der Waals surface area contributed by atoms with Crippen molar-refractivity contribution in [3.8, 4) is 5.75 Å². The number of nitrogens with two attached hydrogens (primary N) is 1. The highest BCUT2D eigenvalue weighted by molar-refractivity contribution is 7.99. The van der Waals surface area contributed by atoms with Crippen molar-refractivity contribution in [3.05, 3.63) is 36.0 Å². The first-order valence-corrected chi connectivity index (χ1v) is 8.15. The second kappa shape index (κ2) is 7.01. The minimum atomic E-state index is 0.290. The van der Waals surface area contributed by atoms with Crippen LogP contribution in [-0.2, 0) is 0 Å². The maximum Gasteiger partial charge on any atom is 0.194 e. The topological polar surface area (TPSA) is 61.0 Å². The van der Waals surface area contributed by atoms with E-state index in [-0.39, 0.29) is 5.41 Å². The zero-order valence-electron chi connectivity index (χ0n) is 13.6. The molecule has 0 aliphatic carbocycles. The van der Waals surface area contributed by atoms with Gasteiger partial charge in [-0.05, 0) is 54.8 Å². The van der Waals surface area contributed by atoms with E-state index < -0.39 is 0 Å². The molecule has 5 heteroatoms. The molecule has 0 fully saturated rings. The van der Waals surface area contributed by atoms with Crippen molar-refractivity contribution in [1.29, 1.82) is 0 Å². The smallest absolute Gasteiger partial charge is 0.194 e. The Morgan fingerprint density at radius 2 is 1.82 bits per heavy atom. The zero-order chi connectivity index (χ0) is 16.2. The van der Waals surface area contributed by atoms with Crippen molar-refractivity contribution in [2.45, 2.75) is 44.2 Å². The summed E-state index contributed by atoms with van der Waals surface area (Å²) in [6, 6.07) is 9.74. The van der Waals surface area contributed by atoms with Crippen LogP contribution in [0.25, 0.3) is 0 Å². The first-order valence-electron chi connectivity index (χ1n) is 7.34. The number of benzene rings is 1. The SMILES string of the molecule is Cc1cc(N)nc(Sc2ccc(OCCC(C)(C)C)cc2)n1. The number of aryl methyl sites for hydroxylation is 1. The van der Waals surface area contributed by atoms with Gasteiger partial charge in [-0.2, -0.15) is 0 Å². The maximum absolute atomic E-state index is 5.76. The normalized spacial score (nSPS) is 11.5. The highest BCUT2D eigenvalue weighted by Gasteiger charge is 2.10. The average Bonchev–Trinajstić information content (AvgIpc) is 2.38. The van der Waals surface area contributed by atoms with E-state index in [1.54, 1.807) is 6.07 Å². The molecule has 118 valence electrons. The van der Waals surface area contributed by atoms with Gasteiger partial charge in [0.25, 0.3) is 0 Å². The molecule has 0 radical (unpaired) electrons. The number of aromatic nitrogens is 2. The second-order valence-corrected chi connectivity index (χ2v) is 7.49. The molecule has 1 aromatic heterocycles. The summed E-state index contributed by atoms with van der Waals surface area (Å²) in [6.07, 6.45) is 1.03. The Kier molecular flexibility index (Phi) is 5.29. The van der Waals surface area contributed by atoms with Gasteiger partial charge in [-0.15, -0.1) is 0 Å². The maximum atomic E-state index is 5.76. The molecule has 2 aromatic rings. The number of nitrogens with zero attached hydrogens (tertiary/aromatic N) is 2. The van der Waals surface area contributed by atoms with Crippen LogP contribution in [-0.4, -0.2) is 16.6 Å². The van der Waals surface area contributed by atoms with Gasteiger partial charge in [-0.3, -0.25) is 0 Å². The summed E-state index contributed by atoms with van der Waals surface area (Å²) < 4.78 is 5.76. The minimum Gasteiger partial charge on any atom is -0.494 e.